The summed E-state index contributed by atoms with van der Waals surface area (Å²) < 4.78 is 8.41. The minimum Gasteiger partial charge on any atom is -0.456 e. The van der Waals surface area contributed by atoms with Crippen LogP contribution in [0.5, 0.6) is 0 Å². The van der Waals surface area contributed by atoms with Crippen molar-refractivity contribution in [2.24, 2.45) is 0 Å². The number of furan rings is 1. The van der Waals surface area contributed by atoms with E-state index in [9.17, 15) is 0 Å². The standard InChI is InChI=1S/2C37H27N.C12H8O.C12H8S.10C2H6/c2*1-38(37-25-32-10-4-5-11-34(32)35-12-6-7-13-36(35)37)33-22-20-28(21-23-33)27-14-16-29(17-15-27)31-19-18-26-8-2-3-9-30(26)24-31;2*1-3-7-11-9(5-1)10-6-2-4-8-12(10)13-11;10*1-2/h2*2-25H,1H3;2*1-8H;10*1-2H3. The van der Waals surface area contributed by atoms with Crippen molar-refractivity contribution in [1.29, 1.82) is 0 Å². The fourth-order valence-corrected chi connectivity index (χ4v) is 15.6. The van der Waals surface area contributed by atoms with Crippen LogP contribution in [0.4, 0.5) is 22.7 Å². The number of fused-ring (bicyclic) bond motifs is 14. The van der Waals surface area contributed by atoms with Crippen molar-refractivity contribution >= 4 is 141 Å². The number of para-hydroxylation sites is 2. The maximum absolute atomic E-state index is 5.65. The van der Waals surface area contributed by atoms with E-state index in [2.05, 4.69) is 376 Å². The molecule has 0 saturated carbocycles. The van der Waals surface area contributed by atoms with E-state index in [0.29, 0.717) is 0 Å². The largest absolute Gasteiger partial charge is 0.456 e. The first-order chi connectivity index (χ1) is 60.4. The van der Waals surface area contributed by atoms with E-state index in [1.54, 1.807) is 0 Å². The summed E-state index contributed by atoms with van der Waals surface area (Å²) in [4.78, 5) is 4.59. The normalized spacial score (nSPS) is 9.89. The van der Waals surface area contributed by atoms with E-state index in [1.165, 1.54) is 163 Å². The molecule has 2 heterocycles. The van der Waals surface area contributed by atoms with Crippen LogP contribution in [0, 0.1) is 0 Å². The highest BCUT2D eigenvalue weighted by Crippen LogP contribution is 2.41. The van der Waals surface area contributed by atoms with Gasteiger partial charge in [-0.25, -0.2) is 0 Å². The molecule has 0 amide bonds. The molecule has 20 aromatic rings. The molecule has 0 bridgehead atoms. The average molecular weight is 1620 g/mol. The highest BCUT2D eigenvalue weighted by Gasteiger charge is 2.15. The molecule has 20 rings (SSSR count). The molecule has 18 aromatic carbocycles. The molecule has 624 valence electrons. The van der Waals surface area contributed by atoms with Crippen LogP contribution >= 0.6 is 11.3 Å². The summed E-state index contributed by atoms with van der Waals surface area (Å²) in [5.74, 6) is 0. The third-order valence-electron chi connectivity index (χ3n) is 19.9. The molecule has 0 N–H and O–H groups in total. The zero-order valence-electron chi connectivity index (χ0n) is 76.7. The van der Waals surface area contributed by atoms with Crippen molar-refractivity contribution in [3.8, 4) is 44.5 Å². The number of anilines is 4. The van der Waals surface area contributed by atoms with Gasteiger partial charge in [0.1, 0.15) is 11.2 Å². The Labute approximate surface area is 735 Å². The highest BCUT2D eigenvalue weighted by molar-refractivity contribution is 7.25. The summed E-state index contributed by atoms with van der Waals surface area (Å²) in [5, 5.41) is 20.4. The molecular weight excluding hydrogens is 1490 g/mol. The van der Waals surface area contributed by atoms with Crippen molar-refractivity contribution in [2.75, 3.05) is 23.9 Å². The van der Waals surface area contributed by atoms with E-state index in [-0.39, 0.29) is 0 Å². The number of hydrogen-bond acceptors (Lipinski definition) is 4. The van der Waals surface area contributed by atoms with Crippen LogP contribution in [0.3, 0.4) is 0 Å². The quantitative estimate of drug-likeness (QED) is 0.141. The molecule has 0 fully saturated rings. The second-order valence-electron chi connectivity index (χ2n) is 26.0. The van der Waals surface area contributed by atoms with Crippen LogP contribution in [0.2, 0.25) is 0 Å². The first-order valence-corrected chi connectivity index (χ1v) is 45.6. The lowest BCUT2D eigenvalue weighted by Crippen LogP contribution is -2.10. The Balaban J connectivity index is 0.000000225. The minimum absolute atomic E-state index is 0.962. The van der Waals surface area contributed by atoms with Gasteiger partial charge in [-0.2, -0.15) is 0 Å². The lowest BCUT2D eigenvalue weighted by atomic mass is 9.98. The zero-order chi connectivity index (χ0) is 88.3. The number of nitrogens with zero attached hydrogens (tertiary/aromatic N) is 2. The van der Waals surface area contributed by atoms with Crippen molar-refractivity contribution in [1.82, 2.24) is 0 Å². The monoisotopic (exact) mass is 1620 g/mol. The van der Waals surface area contributed by atoms with Gasteiger partial charge in [-0.05, 0) is 171 Å². The highest BCUT2D eigenvalue weighted by atomic mass is 32.1. The summed E-state index contributed by atoms with van der Waals surface area (Å²) in [6.45, 7) is 40.0. The maximum Gasteiger partial charge on any atom is 0.135 e. The van der Waals surface area contributed by atoms with Crippen LogP contribution in [-0.2, 0) is 0 Å². The molecular formula is C118H130N2OS. The van der Waals surface area contributed by atoms with Gasteiger partial charge in [0, 0.05) is 78.6 Å². The van der Waals surface area contributed by atoms with Gasteiger partial charge in [-0.1, -0.05) is 454 Å². The van der Waals surface area contributed by atoms with Crippen molar-refractivity contribution in [2.45, 2.75) is 138 Å². The molecule has 122 heavy (non-hydrogen) atoms. The van der Waals surface area contributed by atoms with Gasteiger partial charge in [0.2, 0.25) is 0 Å². The van der Waals surface area contributed by atoms with Crippen LogP contribution < -0.4 is 9.80 Å². The first kappa shape index (κ1) is 96.3. The summed E-state index contributed by atoms with van der Waals surface area (Å²) in [7, 11) is 4.31. The van der Waals surface area contributed by atoms with E-state index >= 15 is 0 Å². The molecule has 2 aromatic heterocycles. The average Bonchev–Trinajstić information content (AvgIpc) is 1.23. The molecule has 0 unspecified atom stereocenters. The van der Waals surface area contributed by atoms with E-state index < -0.39 is 0 Å². The van der Waals surface area contributed by atoms with Gasteiger partial charge in [-0.3, -0.25) is 0 Å². The maximum atomic E-state index is 5.65. The Bertz CT molecular complexity index is 5920. The predicted molar refractivity (Wildman–Crippen MR) is 555 cm³/mol. The molecule has 0 aliphatic rings. The Morgan fingerprint density at radius 3 is 0.713 bits per heavy atom. The van der Waals surface area contributed by atoms with Crippen molar-refractivity contribution in [3.63, 3.8) is 0 Å². The van der Waals surface area contributed by atoms with Crippen LogP contribution in [-0.4, -0.2) is 14.1 Å². The van der Waals surface area contributed by atoms with Crippen LogP contribution in [0.15, 0.2) is 393 Å². The third kappa shape index (κ3) is 23.4. The lowest BCUT2D eigenvalue weighted by Gasteiger charge is -2.23. The van der Waals surface area contributed by atoms with E-state index in [0.717, 1.165) is 11.2 Å². The number of thiophene rings is 1. The first-order valence-electron chi connectivity index (χ1n) is 44.8. The molecule has 0 saturated heterocycles. The summed E-state index contributed by atoms with van der Waals surface area (Å²) in [5.41, 5.74) is 16.5. The lowest BCUT2D eigenvalue weighted by molar-refractivity contribution is 0.669. The minimum atomic E-state index is 0.962. The van der Waals surface area contributed by atoms with Crippen LogP contribution in [0.1, 0.15) is 138 Å². The second kappa shape index (κ2) is 51.6. The Kier molecular flexibility index (Phi) is 40.7. The molecule has 0 aliphatic carbocycles. The topological polar surface area (TPSA) is 19.6 Å². The summed E-state index contributed by atoms with van der Waals surface area (Å²) in [6.07, 6.45) is 0. The Hall–Kier alpha value is -12.9. The molecule has 0 atom stereocenters. The Morgan fingerprint density at radius 2 is 0.393 bits per heavy atom. The Morgan fingerprint density at radius 1 is 0.172 bits per heavy atom. The van der Waals surface area contributed by atoms with Crippen molar-refractivity contribution in [3.05, 3.63) is 388 Å². The van der Waals surface area contributed by atoms with Gasteiger partial charge in [0.15, 0.2) is 0 Å². The zero-order valence-corrected chi connectivity index (χ0v) is 77.5. The number of benzene rings is 18. The van der Waals surface area contributed by atoms with Gasteiger partial charge >= 0.3 is 0 Å². The van der Waals surface area contributed by atoms with Crippen molar-refractivity contribution < 1.29 is 4.42 Å². The van der Waals surface area contributed by atoms with Gasteiger partial charge in [0.25, 0.3) is 0 Å². The summed E-state index contributed by atoms with van der Waals surface area (Å²) >= 11 is 1.86. The van der Waals surface area contributed by atoms with Gasteiger partial charge < -0.3 is 14.2 Å². The smallest absolute Gasteiger partial charge is 0.135 e. The molecule has 3 nitrogen and oxygen atoms in total. The summed E-state index contributed by atoms with van der Waals surface area (Å²) in [6, 6.07) is 139. The van der Waals surface area contributed by atoms with Gasteiger partial charge in [-0.15, -0.1) is 11.3 Å². The number of rotatable bonds is 8. The molecule has 0 aliphatic heterocycles. The molecule has 0 radical (unpaired) electrons. The number of hydrogen-bond donors (Lipinski definition) is 0. The fourth-order valence-electron chi connectivity index (χ4n) is 14.5. The van der Waals surface area contributed by atoms with Crippen LogP contribution in [0.25, 0.3) is 151 Å². The third-order valence-corrected chi connectivity index (χ3v) is 21.0. The second-order valence-corrected chi connectivity index (χ2v) is 27.1. The fraction of sp³-hybridized carbons (Fsp3) is 0.186. The van der Waals surface area contributed by atoms with E-state index in [4.69, 9.17) is 4.42 Å². The van der Waals surface area contributed by atoms with E-state index in [1.807, 2.05) is 186 Å². The molecule has 0 spiro atoms. The molecule has 4 heteroatoms. The van der Waals surface area contributed by atoms with Gasteiger partial charge in [0.05, 0.1) is 0 Å². The predicted octanol–water partition coefficient (Wildman–Crippen LogP) is 38.4. The SMILES string of the molecule is CC.CC.CC.CC.CC.CC.CC.CC.CC.CC.CN(c1ccc(-c2ccc(-c3ccc4ccccc4c3)cc2)cc1)c1cc2ccccc2c2ccccc12.CN(c1ccc(-c2ccc(-c3ccc4ccccc4c3)cc2)cc1)c1cc2ccccc2c2ccccc12.c1ccc2c(c1)oc1ccccc12.c1ccc2c(c1)sc1ccccc12.